The highest BCUT2D eigenvalue weighted by Crippen LogP contribution is 2.43. The average molecular weight is 405 g/mol. The van der Waals surface area contributed by atoms with Gasteiger partial charge in [-0.05, 0) is 56.0 Å². The number of nitrogens with one attached hydrogen (secondary N) is 1. The highest BCUT2D eigenvalue weighted by atomic mass is 79.9. The minimum absolute atomic E-state index is 0.179. The highest BCUT2D eigenvalue weighted by molar-refractivity contribution is 9.10. The molecule has 0 bridgehead atoms. The molecule has 0 amide bonds. The fraction of sp³-hybridized carbons (Fsp3) is 0.500. The van der Waals surface area contributed by atoms with Gasteiger partial charge < -0.3 is 4.79 Å². The van der Waals surface area contributed by atoms with E-state index in [0.29, 0.717) is 5.92 Å². The van der Waals surface area contributed by atoms with E-state index >= 15 is 0 Å². The molecule has 0 aromatic heterocycles. The molecule has 132 valence electrons. The maximum Gasteiger partial charge on any atom is 0.177 e. The number of amidine groups is 1. The van der Waals surface area contributed by atoms with E-state index in [0.717, 1.165) is 67.3 Å². The Labute approximate surface area is 155 Å². The first kappa shape index (κ1) is 16.7. The summed E-state index contributed by atoms with van der Waals surface area (Å²) >= 11 is 3.44. The largest absolute Gasteiger partial charge is 0.301 e. The standard InChI is InChI=1S/C18H21BrN4O2/c19-14-1-3-15(4-2-14)23-16(20-21-17(23)11-24)9-13-5-8-22(10-13)18(12-25)6-7-18/h1-4,11-13,17,21H,5-10H2/t13-,17?/m1/s1. The monoisotopic (exact) mass is 404 g/mol. The molecule has 1 saturated heterocycles. The van der Waals surface area contributed by atoms with Gasteiger partial charge in [-0.2, -0.15) is 5.10 Å². The second kappa shape index (κ2) is 6.53. The number of hydrazone groups is 1. The second-order valence-corrected chi connectivity index (χ2v) is 8.03. The molecule has 3 aliphatic rings. The summed E-state index contributed by atoms with van der Waals surface area (Å²) in [6, 6.07) is 7.89. The number of anilines is 1. The lowest BCUT2D eigenvalue weighted by Gasteiger charge is -2.26. The van der Waals surface area contributed by atoms with Gasteiger partial charge >= 0.3 is 0 Å². The summed E-state index contributed by atoms with van der Waals surface area (Å²) < 4.78 is 1.000. The molecule has 1 unspecified atom stereocenters. The maximum absolute atomic E-state index is 11.4. The zero-order valence-electron chi connectivity index (χ0n) is 13.9. The van der Waals surface area contributed by atoms with Crippen molar-refractivity contribution < 1.29 is 9.59 Å². The number of aldehydes is 2. The smallest absolute Gasteiger partial charge is 0.177 e. The third-order valence-electron chi connectivity index (χ3n) is 5.48. The second-order valence-electron chi connectivity index (χ2n) is 7.11. The van der Waals surface area contributed by atoms with Crippen LogP contribution >= 0.6 is 15.9 Å². The first-order valence-corrected chi connectivity index (χ1v) is 9.48. The van der Waals surface area contributed by atoms with E-state index in [4.69, 9.17) is 0 Å². The van der Waals surface area contributed by atoms with Crippen molar-refractivity contribution in [3.63, 3.8) is 0 Å². The quantitative estimate of drug-likeness (QED) is 0.735. The molecule has 2 atom stereocenters. The predicted molar refractivity (Wildman–Crippen MR) is 99.4 cm³/mol. The summed E-state index contributed by atoms with van der Waals surface area (Å²) in [4.78, 5) is 27.1. The topological polar surface area (TPSA) is 65.0 Å². The van der Waals surface area contributed by atoms with Crippen molar-refractivity contribution in [3.8, 4) is 0 Å². The van der Waals surface area contributed by atoms with E-state index in [1.807, 2.05) is 29.2 Å². The molecule has 6 nitrogen and oxygen atoms in total. The summed E-state index contributed by atoms with van der Waals surface area (Å²) in [7, 11) is 0. The van der Waals surface area contributed by atoms with Crippen LogP contribution in [0.25, 0.3) is 0 Å². The van der Waals surface area contributed by atoms with Crippen LogP contribution in [0, 0.1) is 5.92 Å². The number of benzene rings is 1. The van der Waals surface area contributed by atoms with Crippen molar-refractivity contribution in [1.29, 1.82) is 0 Å². The van der Waals surface area contributed by atoms with Gasteiger partial charge in [-0.15, -0.1) is 0 Å². The number of nitrogens with zero attached hydrogens (tertiary/aromatic N) is 3. The summed E-state index contributed by atoms with van der Waals surface area (Å²) in [5.41, 5.74) is 3.69. The van der Waals surface area contributed by atoms with Gasteiger partial charge in [0.25, 0.3) is 0 Å². The van der Waals surface area contributed by atoms with Gasteiger partial charge in [0, 0.05) is 23.1 Å². The molecule has 4 rings (SSSR count). The summed E-state index contributed by atoms with van der Waals surface area (Å²) in [5.74, 6) is 1.35. The number of carbonyl (C=O) groups is 2. The van der Waals surface area contributed by atoms with Crippen molar-refractivity contribution in [2.24, 2.45) is 11.0 Å². The Morgan fingerprint density at radius 1 is 1.28 bits per heavy atom. The van der Waals surface area contributed by atoms with Crippen LogP contribution in [0.3, 0.4) is 0 Å². The minimum Gasteiger partial charge on any atom is -0.301 e. The molecule has 7 heteroatoms. The van der Waals surface area contributed by atoms with Gasteiger partial charge in [0.1, 0.15) is 12.1 Å². The maximum atomic E-state index is 11.4. The lowest BCUT2D eigenvalue weighted by molar-refractivity contribution is -0.113. The SMILES string of the molecule is O=CC1NN=C(C[C@H]2CCN(C3(C=O)CC3)C2)N1c1ccc(Br)cc1. The van der Waals surface area contributed by atoms with Crippen LogP contribution in [-0.4, -0.2) is 48.1 Å². The molecule has 2 aliphatic heterocycles. The molecule has 1 aromatic carbocycles. The zero-order chi connectivity index (χ0) is 17.4. The van der Waals surface area contributed by atoms with Gasteiger partial charge in [-0.25, -0.2) is 0 Å². The number of halogens is 1. The van der Waals surface area contributed by atoms with Crippen LogP contribution < -0.4 is 10.3 Å². The molecular formula is C18H21BrN4O2. The number of carbonyl (C=O) groups excluding carboxylic acids is 2. The Hall–Kier alpha value is -1.73. The van der Waals surface area contributed by atoms with Gasteiger partial charge in [-0.1, -0.05) is 15.9 Å². The first-order valence-electron chi connectivity index (χ1n) is 8.69. The lowest BCUT2D eigenvalue weighted by Crippen LogP contribution is -2.42. The predicted octanol–water partition coefficient (Wildman–Crippen LogP) is 2.14. The fourth-order valence-electron chi connectivity index (χ4n) is 3.86. The van der Waals surface area contributed by atoms with E-state index in [1.165, 1.54) is 0 Å². The molecule has 2 heterocycles. The van der Waals surface area contributed by atoms with Crippen LogP contribution in [0.5, 0.6) is 0 Å². The summed E-state index contributed by atoms with van der Waals surface area (Å²) in [6.45, 7) is 1.90. The molecule has 0 radical (unpaired) electrons. The number of rotatable bonds is 6. The van der Waals surface area contributed by atoms with Gasteiger partial charge in [0.2, 0.25) is 0 Å². The molecular weight excluding hydrogens is 384 g/mol. The highest BCUT2D eigenvalue weighted by Gasteiger charge is 2.50. The Bertz CT molecular complexity index is 702. The van der Waals surface area contributed by atoms with Crippen LogP contribution in [0.4, 0.5) is 5.69 Å². The van der Waals surface area contributed by atoms with E-state index < -0.39 is 6.17 Å². The van der Waals surface area contributed by atoms with Crippen molar-refractivity contribution in [2.75, 3.05) is 18.0 Å². The number of hydrogen-bond donors (Lipinski definition) is 1. The van der Waals surface area contributed by atoms with Gasteiger partial charge in [0.15, 0.2) is 12.5 Å². The Kier molecular flexibility index (Phi) is 4.37. The van der Waals surface area contributed by atoms with Crippen LogP contribution in [-0.2, 0) is 9.59 Å². The third-order valence-corrected chi connectivity index (χ3v) is 6.01. The van der Waals surface area contributed by atoms with Crippen molar-refractivity contribution in [2.45, 2.75) is 37.4 Å². The van der Waals surface area contributed by atoms with Crippen molar-refractivity contribution in [3.05, 3.63) is 28.7 Å². The number of likely N-dealkylation sites (tertiary alicyclic amines) is 1. The molecule has 1 aliphatic carbocycles. The fourth-order valence-corrected chi connectivity index (χ4v) is 4.12. The van der Waals surface area contributed by atoms with E-state index in [1.54, 1.807) is 0 Å². The third kappa shape index (κ3) is 3.11. The first-order chi connectivity index (χ1) is 12.1. The van der Waals surface area contributed by atoms with E-state index in [2.05, 4.69) is 31.4 Å². The van der Waals surface area contributed by atoms with Gasteiger partial charge in [-0.3, -0.25) is 20.0 Å². The Morgan fingerprint density at radius 2 is 2.04 bits per heavy atom. The molecule has 0 spiro atoms. The molecule has 2 fully saturated rings. The lowest BCUT2D eigenvalue weighted by atomic mass is 10.0. The Morgan fingerprint density at radius 3 is 2.68 bits per heavy atom. The molecule has 1 N–H and O–H groups in total. The molecule has 1 saturated carbocycles. The average Bonchev–Trinajstić information content (AvgIpc) is 3.11. The normalized spacial score (nSPS) is 27.7. The van der Waals surface area contributed by atoms with E-state index in [-0.39, 0.29) is 5.54 Å². The van der Waals surface area contributed by atoms with Crippen molar-refractivity contribution >= 4 is 40.0 Å². The van der Waals surface area contributed by atoms with Crippen LogP contribution in [0.1, 0.15) is 25.7 Å². The minimum atomic E-state index is -0.460. The summed E-state index contributed by atoms with van der Waals surface area (Å²) in [5, 5.41) is 4.42. The zero-order valence-corrected chi connectivity index (χ0v) is 15.5. The van der Waals surface area contributed by atoms with Crippen molar-refractivity contribution in [1.82, 2.24) is 10.3 Å². The molecule has 25 heavy (non-hydrogen) atoms. The number of hydrogen-bond acceptors (Lipinski definition) is 6. The van der Waals surface area contributed by atoms with Crippen LogP contribution in [0.15, 0.2) is 33.8 Å². The Balaban J connectivity index is 1.47. The van der Waals surface area contributed by atoms with Gasteiger partial charge in [0.05, 0.1) is 5.54 Å². The summed E-state index contributed by atoms with van der Waals surface area (Å²) in [6.07, 6.45) is 5.39. The van der Waals surface area contributed by atoms with Crippen LogP contribution in [0.2, 0.25) is 0 Å². The van der Waals surface area contributed by atoms with E-state index in [9.17, 15) is 9.59 Å². The molecule has 1 aromatic rings.